The molecule has 160 valence electrons. The van der Waals surface area contributed by atoms with Gasteiger partial charge in [0, 0.05) is 49.9 Å². The first-order valence-electron chi connectivity index (χ1n) is 11.1. The van der Waals surface area contributed by atoms with E-state index < -0.39 is 0 Å². The van der Waals surface area contributed by atoms with Crippen LogP contribution < -0.4 is 20.9 Å². The predicted octanol–water partition coefficient (Wildman–Crippen LogP) is 0.924. The molecule has 0 spiro atoms. The van der Waals surface area contributed by atoms with Gasteiger partial charge in [0.2, 0.25) is 11.8 Å². The summed E-state index contributed by atoms with van der Waals surface area (Å²) in [5.41, 5.74) is 2.31. The first kappa shape index (κ1) is 19.8. The van der Waals surface area contributed by atoms with Crippen molar-refractivity contribution in [3.05, 3.63) is 29.8 Å². The topological polar surface area (TPSA) is 76.7 Å². The lowest BCUT2D eigenvalue weighted by molar-refractivity contribution is -0.129. The van der Waals surface area contributed by atoms with Crippen molar-refractivity contribution >= 4 is 34.8 Å². The first-order valence-corrected chi connectivity index (χ1v) is 11.5. The van der Waals surface area contributed by atoms with Crippen molar-refractivity contribution in [1.29, 1.82) is 0 Å². The molecule has 3 aliphatic heterocycles. The zero-order chi connectivity index (χ0) is 20.7. The smallest absolute Gasteiger partial charge is 0.237 e. The zero-order valence-electron chi connectivity index (χ0n) is 17.1. The highest BCUT2D eigenvalue weighted by Gasteiger charge is 2.43. The molecular formula is C22H29N5O2S. The van der Waals surface area contributed by atoms with E-state index in [1.165, 1.54) is 18.4 Å². The second-order valence-electron chi connectivity index (χ2n) is 8.90. The molecule has 1 aliphatic carbocycles. The molecular weight excluding hydrogens is 398 g/mol. The number of rotatable bonds is 5. The van der Waals surface area contributed by atoms with E-state index in [1.807, 2.05) is 23.1 Å². The summed E-state index contributed by atoms with van der Waals surface area (Å²) in [6.07, 6.45) is 5.30. The van der Waals surface area contributed by atoms with Crippen LogP contribution >= 0.6 is 12.2 Å². The maximum atomic E-state index is 12.9. The molecule has 30 heavy (non-hydrogen) atoms. The zero-order valence-corrected chi connectivity index (χ0v) is 17.9. The molecule has 3 heterocycles. The average Bonchev–Trinajstić information content (AvgIpc) is 3.27. The molecule has 3 fully saturated rings. The summed E-state index contributed by atoms with van der Waals surface area (Å²) in [4.78, 5) is 29.5. The fourth-order valence-corrected chi connectivity index (χ4v) is 5.34. The molecule has 2 amide bonds. The molecule has 1 aromatic carbocycles. The number of carbonyl (C=O) groups is 2. The fraction of sp³-hybridized carbons (Fsp3) is 0.591. The summed E-state index contributed by atoms with van der Waals surface area (Å²) >= 11 is 5.42. The Morgan fingerprint density at radius 1 is 1.20 bits per heavy atom. The van der Waals surface area contributed by atoms with E-state index in [4.69, 9.17) is 12.2 Å². The van der Waals surface area contributed by atoms with Gasteiger partial charge in [-0.2, -0.15) is 0 Å². The van der Waals surface area contributed by atoms with Gasteiger partial charge in [-0.05, 0) is 56.0 Å². The van der Waals surface area contributed by atoms with Gasteiger partial charge in [0.1, 0.15) is 0 Å². The van der Waals surface area contributed by atoms with Crippen LogP contribution in [0.3, 0.4) is 0 Å². The number of fused-ring (bicyclic) bond motifs is 2. The number of hydrogen-bond acceptors (Lipinski definition) is 4. The van der Waals surface area contributed by atoms with Gasteiger partial charge in [-0.1, -0.05) is 18.2 Å². The number of amides is 2. The molecule has 0 aromatic heterocycles. The third-order valence-corrected chi connectivity index (χ3v) is 6.99. The van der Waals surface area contributed by atoms with E-state index in [2.05, 4.69) is 26.9 Å². The van der Waals surface area contributed by atoms with Crippen LogP contribution in [0.5, 0.6) is 0 Å². The SMILES string of the molecule is O=C1NC[C@@H](CCC(=O)N2CCc3ccccc32)N2C[C@@H](NC(=S)NC3CC3)C[C@@H]12. The number of thiocarbonyl (C=S) groups is 1. The second-order valence-corrected chi connectivity index (χ2v) is 9.31. The number of piperazine rings is 1. The van der Waals surface area contributed by atoms with Crippen molar-refractivity contribution in [2.45, 2.75) is 62.7 Å². The van der Waals surface area contributed by atoms with Crippen LogP contribution in [0, 0.1) is 0 Å². The van der Waals surface area contributed by atoms with Crippen LogP contribution in [-0.4, -0.2) is 65.6 Å². The third kappa shape index (κ3) is 4.03. The summed E-state index contributed by atoms with van der Waals surface area (Å²) in [6.45, 7) is 2.16. The van der Waals surface area contributed by atoms with Crippen molar-refractivity contribution < 1.29 is 9.59 Å². The minimum Gasteiger partial charge on any atom is -0.360 e. The molecule has 0 radical (unpaired) electrons. The van der Waals surface area contributed by atoms with E-state index in [0.717, 1.165) is 38.0 Å². The van der Waals surface area contributed by atoms with Crippen LogP contribution in [0.15, 0.2) is 24.3 Å². The molecule has 1 aromatic rings. The Hall–Kier alpha value is -2.19. The van der Waals surface area contributed by atoms with Crippen molar-refractivity contribution in [1.82, 2.24) is 20.9 Å². The Balaban J connectivity index is 1.17. The molecule has 4 aliphatic rings. The van der Waals surface area contributed by atoms with Crippen molar-refractivity contribution in [3.8, 4) is 0 Å². The lowest BCUT2D eigenvalue weighted by Gasteiger charge is -2.37. The Morgan fingerprint density at radius 2 is 2.00 bits per heavy atom. The molecule has 0 bridgehead atoms. The van der Waals surface area contributed by atoms with Gasteiger partial charge in [-0.15, -0.1) is 0 Å². The molecule has 3 atom stereocenters. The largest absolute Gasteiger partial charge is 0.360 e. The predicted molar refractivity (Wildman–Crippen MR) is 119 cm³/mol. The molecule has 2 saturated heterocycles. The molecule has 3 N–H and O–H groups in total. The Labute approximate surface area is 182 Å². The minimum absolute atomic E-state index is 0.0939. The Bertz CT molecular complexity index is 858. The van der Waals surface area contributed by atoms with Gasteiger partial charge in [0.15, 0.2) is 5.11 Å². The van der Waals surface area contributed by atoms with Crippen molar-refractivity contribution in [3.63, 3.8) is 0 Å². The maximum absolute atomic E-state index is 12.9. The van der Waals surface area contributed by atoms with Crippen LogP contribution in [-0.2, 0) is 16.0 Å². The summed E-state index contributed by atoms with van der Waals surface area (Å²) < 4.78 is 0. The summed E-state index contributed by atoms with van der Waals surface area (Å²) in [6, 6.07) is 8.90. The molecule has 5 rings (SSSR count). The van der Waals surface area contributed by atoms with Gasteiger partial charge >= 0.3 is 0 Å². The number of para-hydroxylation sites is 1. The van der Waals surface area contributed by atoms with Gasteiger partial charge in [-0.3, -0.25) is 14.5 Å². The van der Waals surface area contributed by atoms with Gasteiger partial charge in [-0.25, -0.2) is 0 Å². The Kier molecular flexibility index (Phi) is 5.37. The molecule has 1 saturated carbocycles. The standard InChI is InChI=1S/C22H29N5O2S/c28-20(26-10-9-14-3-1-2-4-18(14)26)8-7-17-12-23-21(29)19-11-16(13-27(17)19)25-22(30)24-15-5-6-15/h1-4,15-17,19H,5-13H2,(H,23,29)(H2,24,25,30)/t16-,17+,19-/m0/s1. The minimum atomic E-state index is -0.132. The number of nitrogens with zero attached hydrogens (tertiary/aromatic N) is 2. The van der Waals surface area contributed by atoms with Crippen LogP contribution in [0.1, 0.15) is 37.7 Å². The average molecular weight is 428 g/mol. The van der Waals surface area contributed by atoms with Gasteiger partial charge < -0.3 is 20.9 Å². The highest BCUT2D eigenvalue weighted by molar-refractivity contribution is 7.80. The van der Waals surface area contributed by atoms with Gasteiger partial charge in [0.05, 0.1) is 6.04 Å². The van der Waals surface area contributed by atoms with Crippen LogP contribution in [0.2, 0.25) is 0 Å². The lowest BCUT2D eigenvalue weighted by Crippen LogP contribution is -2.58. The fourth-order valence-electron chi connectivity index (χ4n) is 5.01. The van der Waals surface area contributed by atoms with E-state index in [1.54, 1.807) is 0 Å². The highest BCUT2D eigenvalue weighted by Crippen LogP contribution is 2.30. The number of carbonyl (C=O) groups excluding carboxylic acids is 2. The maximum Gasteiger partial charge on any atom is 0.237 e. The number of anilines is 1. The van der Waals surface area contributed by atoms with Crippen LogP contribution in [0.25, 0.3) is 0 Å². The van der Waals surface area contributed by atoms with Crippen molar-refractivity contribution in [2.75, 3.05) is 24.5 Å². The highest BCUT2D eigenvalue weighted by atomic mass is 32.1. The Morgan fingerprint density at radius 3 is 2.83 bits per heavy atom. The van der Waals surface area contributed by atoms with E-state index >= 15 is 0 Å². The molecule has 7 nitrogen and oxygen atoms in total. The lowest BCUT2D eigenvalue weighted by atomic mass is 10.0. The quantitative estimate of drug-likeness (QED) is 0.607. The summed E-state index contributed by atoms with van der Waals surface area (Å²) in [7, 11) is 0. The van der Waals surface area contributed by atoms with Gasteiger partial charge in [0.25, 0.3) is 0 Å². The normalized spacial score (nSPS) is 27.9. The molecule has 0 unspecified atom stereocenters. The summed E-state index contributed by atoms with van der Waals surface area (Å²) in [5.74, 6) is 0.272. The van der Waals surface area contributed by atoms with E-state index in [0.29, 0.717) is 24.1 Å². The van der Waals surface area contributed by atoms with E-state index in [9.17, 15) is 9.59 Å². The number of hydrogen-bond donors (Lipinski definition) is 3. The number of benzene rings is 1. The second kappa shape index (κ2) is 8.15. The molecule has 8 heteroatoms. The van der Waals surface area contributed by atoms with E-state index in [-0.39, 0.29) is 29.9 Å². The summed E-state index contributed by atoms with van der Waals surface area (Å²) in [5, 5.41) is 10.5. The first-order chi connectivity index (χ1) is 14.6. The van der Waals surface area contributed by atoms with Crippen molar-refractivity contribution in [2.24, 2.45) is 0 Å². The number of nitrogens with one attached hydrogen (secondary N) is 3. The monoisotopic (exact) mass is 427 g/mol. The van der Waals surface area contributed by atoms with Crippen LogP contribution in [0.4, 0.5) is 5.69 Å². The third-order valence-electron chi connectivity index (χ3n) is 6.75.